The smallest absolute Gasteiger partial charge is 0.267 e. The molecule has 0 spiro atoms. The quantitative estimate of drug-likeness (QED) is 0.358. The van der Waals surface area contributed by atoms with E-state index in [4.69, 9.17) is 4.42 Å². The van der Waals surface area contributed by atoms with E-state index in [9.17, 15) is 9.59 Å². The second-order valence-electron chi connectivity index (χ2n) is 7.91. The van der Waals surface area contributed by atoms with Gasteiger partial charge in [-0.2, -0.15) is 0 Å². The zero-order valence-electron chi connectivity index (χ0n) is 18.9. The van der Waals surface area contributed by atoms with Crippen molar-refractivity contribution in [1.82, 2.24) is 10.6 Å². The van der Waals surface area contributed by atoms with E-state index >= 15 is 0 Å². The molecule has 0 unspecified atom stereocenters. The van der Waals surface area contributed by atoms with Gasteiger partial charge in [-0.15, -0.1) is 0 Å². The summed E-state index contributed by atoms with van der Waals surface area (Å²) in [4.78, 5) is 26.0. The Kier molecular flexibility index (Phi) is 7.35. The second kappa shape index (κ2) is 11.0. The van der Waals surface area contributed by atoms with Crippen LogP contribution >= 0.6 is 0 Å². The van der Waals surface area contributed by atoms with Gasteiger partial charge in [0, 0.05) is 24.1 Å². The molecule has 0 aliphatic rings. The Labute approximate surface area is 199 Å². The van der Waals surface area contributed by atoms with E-state index in [1.165, 1.54) is 0 Å². The zero-order chi connectivity index (χ0) is 23.8. The first-order valence-electron chi connectivity index (χ1n) is 11.1. The minimum absolute atomic E-state index is 0.0386. The van der Waals surface area contributed by atoms with Gasteiger partial charge in [0.1, 0.15) is 17.2 Å². The van der Waals surface area contributed by atoms with Crippen molar-refractivity contribution in [2.45, 2.75) is 12.8 Å². The highest BCUT2D eigenvalue weighted by Crippen LogP contribution is 2.24. The second-order valence-corrected chi connectivity index (χ2v) is 7.91. The lowest BCUT2D eigenvalue weighted by Crippen LogP contribution is -2.37. The summed E-state index contributed by atoms with van der Waals surface area (Å²) in [5.41, 5.74) is 2.76. The van der Waals surface area contributed by atoms with Crippen LogP contribution in [0.15, 0.2) is 113 Å². The summed E-state index contributed by atoms with van der Waals surface area (Å²) in [5.74, 6) is 0.402. The average molecular weight is 451 g/mol. The Hall–Kier alpha value is -4.38. The maximum absolute atomic E-state index is 13.3. The molecule has 0 fully saturated rings. The van der Waals surface area contributed by atoms with Crippen molar-refractivity contribution in [2.24, 2.45) is 0 Å². The number of rotatable bonds is 8. The predicted octanol–water partition coefficient (Wildman–Crippen LogP) is 5.31. The number of aryl methyl sites for hydroxylation is 1. The zero-order valence-corrected chi connectivity index (χ0v) is 18.9. The summed E-state index contributed by atoms with van der Waals surface area (Å²) in [5, 5.41) is 5.74. The number of hydrogen-bond acceptors (Lipinski definition) is 3. The molecule has 0 radical (unpaired) electrons. The van der Waals surface area contributed by atoms with Crippen molar-refractivity contribution in [1.29, 1.82) is 0 Å². The highest BCUT2D eigenvalue weighted by molar-refractivity contribution is 6.05. The third-order valence-electron chi connectivity index (χ3n) is 5.45. The molecule has 0 aliphatic carbocycles. The molecule has 2 amide bonds. The van der Waals surface area contributed by atoms with E-state index in [0.717, 1.165) is 11.1 Å². The van der Waals surface area contributed by atoms with E-state index in [0.29, 0.717) is 23.6 Å². The lowest BCUT2D eigenvalue weighted by Gasteiger charge is -2.19. The van der Waals surface area contributed by atoms with Crippen molar-refractivity contribution in [3.05, 3.63) is 137 Å². The lowest BCUT2D eigenvalue weighted by molar-refractivity contribution is -0.117. The van der Waals surface area contributed by atoms with Gasteiger partial charge in [-0.25, -0.2) is 0 Å². The van der Waals surface area contributed by atoms with Crippen LogP contribution in [0.5, 0.6) is 0 Å². The fourth-order valence-electron chi connectivity index (χ4n) is 3.70. The van der Waals surface area contributed by atoms with Crippen LogP contribution in [-0.4, -0.2) is 18.4 Å². The van der Waals surface area contributed by atoms with E-state index in [2.05, 4.69) is 10.6 Å². The van der Waals surface area contributed by atoms with Gasteiger partial charge in [0.2, 0.25) is 0 Å². The van der Waals surface area contributed by atoms with Crippen LogP contribution in [0.1, 0.15) is 38.9 Å². The number of furan rings is 1. The number of hydrogen-bond donors (Lipinski definition) is 2. The van der Waals surface area contributed by atoms with Crippen LogP contribution in [-0.2, 0) is 4.79 Å². The van der Waals surface area contributed by atoms with Crippen molar-refractivity contribution < 1.29 is 14.0 Å². The molecule has 1 aromatic heterocycles. The molecule has 4 aromatic rings. The summed E-state index contributed by atoms with van der Waals surface area (Å²) in [6.07, 6.45) is 1.54. The summed E-state index contributed by atoms with van der Waals surface area (Å²) in [6, 6.07) is 32.4. The van der Waals surface area contributed by atoms with Crippen LogP contribution in [0, 0.1) is 6.92 Å². The van der Waals surface area contributed by atoms with E-state index < -0.39 is 5.91 Å². The van der Waals surface area contributed by atoms with Gasteiger partial charge in [0.05, 0.1) is 0 Å². The molecule has 5 nitrogen and oxygen atoms in total. The molecule has 4 rings (SSSR count). The molecule has 0 saturated heterocycles. The first kappa shape index (κ1) is 22.8. The molecule has 3 aromatic carbocycles. The summed E-state index contributed by atoms with van der Waals surface area (Å²) >= 11 is 0. The van der Waals surface area contributed by atoms with Gasteiger partial charge >= 0.3 is 0 Å². The van der Waals surface area contributed by atoms with E-state index in [1.54, 1.807) is 42.5 Å². The lowest BCUT2D eigenvalue weighted by atomic mass is 9.91. The summed E-state index contributed by atoms with van der Waals surface area (Å²) < 4.78 is 5.61. The summed E-state index contributed by atoms with van der Waals surface area (Å²) in [6.45, 7) is 2.19. The normalized spacial score (nSPS) is 11.3. The van der Waals surface area contributed by atoms with Gasteiger partial charge in [-0.1, -0.05) is 78.9 Å². The first-order chi connectivity index (χ1) is 16.6. The average Bonchev–Trinajstić information content (AvgIpc) is 3.30. The minimum atomic E-state index is -0.393. The monoisotopic (exact) mass is 450 g/mol. The Morgan fingerprint density at radius 2 is 1.35 bits per heavy atom. The van der Waals surface area contributed by atoms with Gasteiger partial charge in [0.15, 0.2) is 0 Å². The van der Waals surface area contributed by atoms with Gasteiger partial charge in [-0.05, 0) is 42.3 Å². The SMILES string of the molecule is Cc1ccc(/C=C(\NC(=O)c2ccccc2)C(=O)NCC(c2ccccc2)c2ccccc2)o1. The molecule has 0 aliphatic heterocycles. The fourth-order valence-corrected chi connectivity index (χ4v) is 3.70. The number of amides is 2. The van der Waals surface area contributed by atoms with Crippen molar-refractivity contribution in [3.8, 4) is 0 Å². The van der Waals surface area contributed by atoms with E-state index in [1.807, 2.05) is 73.7 Å². The Morgan fingerprint density at radius 3 is 1.88 bits per heavy atom. The molecule has 0 atom stereocenters. The molecule has 1 heterocycles. The maximum Gasteiger partial charge on any atom is 0.267 e. The van der Waals surface area contributed by atoms with Crippen LogP contribution in [0.4, 0.5) is 0 Å². The topological polar surface area (TPSA) is 71.3 Å². The Morgan fingerprint density at radius 1 is 0.794 bits per heavy atom. The predicted molar refractivity (Wildman–Crippen MR) is 133 cm³/mol. The Balaban J connectivity index is 1.56. The molecule has 170 valence electrons. The molecule has 2 N–H and O–H groups in total. The van der Waals surface area contributed by atoms with Crippen LogP contribution in [0.3, 0.4) is 0 Å². The number of nitrogens with one attached hydrogen (secondary N) is 2. The van der Waals surface area contributed by atoms with E-state index in [-0.39, 0.29) is 17.5 Å². The van der Waals surface area contributed by atoms with Crippen molar-refractivity contribution in [3.63, 3.8) is 0 Å². The Bertz CT molecular complexity index is 1220. The highest BCUT2D eigenvalue weighted by atomic mass is 16.3. The highest BCUT2D eigenvalue weighted by Gasteiger charge is 2.19. The van der Waals surface area contributed by atoms with Crippen LogP contribution in [0.25, 0.3) is 6.08 Å². The van der Waals surface area contributed by atoms with Gasteiger partial charge < -0.3 is 15.1 Å². The van der Waals surface area contributed by atoms with Crippen LogP contribution < -0.4 is 10.6 Å². The largest absolute Gasteiger partial charge is 0.462 e. The van der Waals surface area contributed by atoms with Crippen molar-refractivity contribution in [2.75, 3.05) is 6.54 Å². The van der Waals surface area contributed by atoms with Gasteiger partial charge in [-0.3, -0.25) is 9.59 Å². The van der Waals surface area contributed by atoms with Gasteiger partial charge in [0.25, 0.3) is 11.8 Å². The third kappa shape index (κ3) is 5.90. The number of carbonyl (C=O) groups excluding carboxylic acids is 2. The molecule has 5 heteroatoms. The minimum Gasteiger partial charge on any atom is -0.462 e. The number of benzene rings is 3. The first-order valence-corrected chi connectivity index (χ1v) is 11.1. The maximum atomic E-state index is 13.3. The molecular weight excluding hydrogens is 424 g/mol. The molecule has 0 bridgehead atoms. The molecular formula is C29H26N2O3. The standard InChI is InChI=1S/C29H26N2O3/c1-21-17-18-25(34-21)19-27(31-28(32)24-15-9-4-10-16-24)29(33)30-20-26(22-11-5-2-6-12-22)23-13-7-3-8-14-23/h2-19,26H,20H2,1H3,(H,30,33)(H,31,32)/b27-19-. The third-order valence-corrected chi connectivity index (χ3v) is 5.45. The summed E-state index contributed by atoms with van der Waals surface area (Å²) in [7, 11) is 0. The molecule has 0 saturated carbocycles. The number of carbonyl (C=O) groups is 2. The fraction of sp³-hybridized carbons (Fsp3) is 0.103. The van der Waals surface area contributed by atoms with Crippen molar-refractivity contribution >= 4 is 17.9 Å². The van der Waals surface area contributed by atoms with Crippen LogP contribution in [0.2, 0.25) is 0 Å². The molecule has 34 heavy (non-hydrogen) atoms.